The number of furan rings is 4. The summed E-state index contributed by atoms with van der Waals surface area (Å²) in [6, 6.07) is 170. The Kier molecular flexibility index (Phi) is 20.0. The molecule has 0 amide bonds. The summed E-state index contributed by atoms with van der Waals surface area (Å²) in [5.41, 5.74) is 33.2. The molecule has 0 fully saturated rings. The van der Waals surface area contributed by atoms with Crippen molar-refractivity contribution in [1.29, 1.82) is 0 Å². The van der Waals surface area contributed by atoms with Crippen molar-refractivity contribution >= 4 is 153 Å². The molecule has 30 aromatic rings. The molecule has 0 unspecified atom stereocenters. The second-order valence-electron chi connectivity index (χ2n) is 36.7. The topological polar surface area (TPSA) is 145 Å². The molecule has 0 saturated heterocycles. The fourth-order valence-corrected chi connectivity index (χ4v) is 21.2. The Morgan fingerprint density at radius 2 is 0.414 bits per heavy atom. The predicted octanol–water partition coefficient (Wildman–Crippen LogP) is 35.0. The average molecular weight is 1860 g/mol. The van der Waals surface area contributed by atoms with Crippen LogP contribution in [0.25, 0.3) is 283 Å². The molecule has 145 heavy (non-hydrogen) atoms. The number of hydrogen-bond donors (Lipinski definition) is 0. The van der Waals surface area contributed by atoms with Crippen LogP contribution in [0.5, 0.6) is 0 Å². The summed E-state index contributed by atoms with van der Waals surface area (Å²) in [4.78, 5) is 31.4. The van der Waals surface area contributed by atoms with E-state index in [1.54, 1.807) is 0 Å². The van der Waals surface area contributed by atoms with Gasteiger partial charge in [-0.15, -0.1) is 0 Å². The van der Waals surface area contributed by atoms with E-state index < -0.39 is 0 Å². The first-order chi connectivity index (χ1) is 71.8. The average Bonchev–Trinajstić information content (AvgIpc) is 1.58. The number of benzene rings is 20. The predicted molar refractivity (Wildman–Crippen MR) is 593 cm³/mol. The lowest BCUT2D eigenvalue weighted by Crippen LogP contribution is -1.97. The highest BCUT2D eigenvalue weighted by Gasteiger charge is 2.25. The minimum atomic E-state index is 0.651. The third kappa shape index (κ3) is 14.7. The first kappa shape index (κ1) is 83.4. The summed E-state index contributed by atoms with van der Waals surface area (Å²) < 4.78 is 32.1. The normalized spacial score (nSPS) is 11.7. The Hall–Kier alpha value is -19.8. The highest BCUT2D eigenvalue weighted by molar-refractivity contribution is 6.17. The van der Waals surface area contributed by atoms with Gasteiger partial charge in [0, 0.05) is 143 Å². The number of nitrogens with zero attached hydrogens (tertiary/aromatic N) is 9. The molecule has 0 radical (unpaired) electrons. The number of aromatic nitrogens is 9. The molecular formula is C132H81N9O4. The maximum absolute atomic E-state index is 6.31. The van der Waals surface area contributed by atoms with Crippen molar-refractivity contribution in [3.05, 3.63) is 491 Å². The van der Waals surface area contributed by atoms with Crippen LogP contribution in [0.1, 0.15) is 0 Å². The third-order valence-electron chi connectivity index (χ3n) is 28.1. The van der Waals surface area contributed by atoms with E-state index in [1.807, 2.05) is 97.1 Å². The van der Waals surface area contributed by atoms with Crippen LogP contribution in [-0.4, -0.2) is 43.6 Å². The van der Waals surface area contributed by atoms with Crippen LogP contribution in [0.2, 0.25) is 0 Å². The monoisotopic (exact) mass is 1860 g/mol. The molecule has 10 heterocycles. The summed E-state index contributed by atoms with van der Waals surface area (Å²) in [5, 5.41) is 15.8. The molecule has 0 atom stereocenters. The van der Waals surface area contributed by atoms with Crippen molar-refractivity contribution in [2.45, 2.75) is 0 Å². The Labute approximate surface area is 830 Å². The summed E-state index contributed by atoms with van der Waals surface area (Å²) in [6.45, 7) is 0. The van der Waals surface area contributed by atoms with Crippen LogP contribution in [0.15, 0.2) is 509 Å². The number of fused-ring (bicyclic) bond motifs is 21. The molecule has 0 saturated carbocycles. The zero-order chi connectivity index (χ0) is 95.5. The SMILES string of the molecule is c1ccc(-c2cc(-c3ccc4c(c3)oc3ccccc34)nc(-c3ccc4c5ccccc5n(-c5ccccc5)c4c3)n2)cc1.c1ccc(-c2cccc(-c3cc(-c4ccc5c(c4)oc4ccccc45)nc(-c4ccc5c(c4)c4ccccc4n5-c4ccccc4)n3)c2)cc1.c1ccc(-n2c3ccccc3c3c(-c4nc(-c5ccc6c(c5)oc5ccccc56)cc(-c5ccc6c(c5)oc5ccccc56)n4)cccc32)cc1. The van der Waals surface area contributed by atoms with Crippen molar-refractivity contribution in [2.75, 3.05) is 0 Å². The Bertz CT molecular complexity index is 10200. The van der Waals surface area contributed by atoms with Gasteiger partial charge in [0.25, 0.3) is 0 Å². The number of rotatable bonds is 13. The molecule has 13 nitrogen and oxygen atoms in total. The van der Waals surface area contributed by atoms with Crippen molar-refractivity contribution < 1.29 is 17.7 Å². The summed E-state index contributed by atoms with van der Waals surface area (Å²) >= 11 is 0. The first-order valence-electron chi connectivity index (χ1n) is 48.6. The first-order valence-corrected chi connectivity index (χ1v) is 48.6. The lowest BCUT2D eigenvalue weighted by Gasteiger charge is -2.11. The van der Waals surface area contributed by atoms with Gasteiger partial charge in [0.15, 0.2) is 17.5 Å². The molecule has 10 aromatic heterocycles. The Morgan fingerprint density at radius 1 is 0.138 bits per heavy atom. The third-order valence-corrected chi connectivity index (χ3v) is 28.1. The van der Waals surface area contributed by atoms with E-state index in [0.29, 0.717) is 17.5 Å². The van der Waals surface area contributed by atoms with Crippen LogP contribution >= 0.6 is 0 Å². The van der Waals surface area contributed by atoms with Gasteiger partial charge >= 0.3 is 0 Å². The van der Waals surface area contributed by atoms with E-state index in [4.69, 9.17) is 47.6 Å². The van der Waals surface area contributed by atoms with E-state index in [2.05, 4.69) is 408 Å². The van der Waals surface area contributed by atoms with E-state index in [1.165, 1.54) is 27.2 Å². The Morgan fingerprint density at radius 3 is 0.862 bits per heavy atom. The van der Waals surface area contributed by atoms with Gasteiger partial charge in [0.05, 0.1) is 67.3 Å². The lowest BCUT2D eigenvalue weighted by atomic mass is 10.0. The maximum Gasteiger partial charge on any atom is 0.161 e. The zero-order valence-electron chi connectivity index (χ0n) is 77.9. The molecule has 0 aliphatic rings. The number of hydrogen-bond acceptors (Lipinski definition) is 10. The maximum atomic E-state index is 6.31. The van der Waals surface area contributed by atoms with Crippen LogP contribution in [0.4, 0.5) is 0 Å². The van der Waals surface area contributed by atoms with E-state index >= 15 is 0 Å². The fraction of sp³-hybridized carbons (Fsp3) is 0. The number of para-hydroxylation sites is 10. The standard InChI is InChI=1S/C46H27N3O2.C46H29N3O.C40H25N3O/c1-2-11-30(12-3-1)49-39-17-7-4-15-35(39)45-36(16-10-18-40(45)49)46-47-37(28-21-23-33-31-13-5-8-19-41(31)50-43(33)25-28)27-38(48-46)29-22-24-34-32-14-6-9-20-42(32)51-44(34)26-29;1-3-12-30(13-4-1)31-14-11-15-32(26-31)40-29-41(33-22-24-38-37-19-8-10-21-44(37)50-45(38)28-33)48-46(47-40)34-23-25-43-39(27-34)36-18-7-9-20-42(36)49(43)35-16-5-2-6-17-35;1-3-11-26(12-4-1)34-25-35(27-19-22-33-32-16-8-10-18-38(32)44-39(33)24-27)42-40(41-34)28-20-21-31-30-15-7-9-17-36(30)43(37(31)23-28)29-13-5-2-6-14-29/h1-27H;1-29H;1-25H. The highest BCUT2D eigenvalue weighted by atomic mass is 16.3. The van der Waals surface area contributed by atoms with Crippen molar-refractivity contribution in [2.24, 2.45) is 0 Å². The minimum Gasteiger partial charge on any atom is -0.456 e. The molecule has 30 rings (SSSR count). The van der Waals surface area contributed by atoms with Gasteiger partial charge in [-0.2, -0.15) is 0 Å². The summed E-state index contributed by atoms with van der Waals surface area (Å²) in [6.07, 6.45) is 0. The molecule has 13 heteroatoms. The second kappa shape index (κ2) is 34.7. The fourth-order valence-electron chi connectivity index (χ4n) is 21.2. The lowest BCUT2D eigenvalue weighted by molar-refractivity contribution is 0.668. The Balaban J connectivity index is 0.000000106. The van der Waals surface area contributed by atoms with Crippen molar-refractivity contribution in [1.82, 2.24) is 43.6 Å². The van der Waals surface area contributed by atoms with Gasteiger partial charge in [-0.1, -0.05) is 309 Å². The van der Waals surface area contributed by atoms with Gasteiger partial charge < -0.3 is 31.4 Å². The second-order valence-corrected chi connectivity index (χ2v) is 36.7. The largest absolute Gasteiger partial charge is 0.456 e. The molecule has 0 spiro atoms. The molecular weight excluding hydrogens is 1780 g/mol. The summed E-state index contributed by atoms with van der Waals surface area (Å²) in [7, 11) is 0. The zero-order valence-corrected chi connectivity index (χ0v) is 77.9. The van der Waals surface area contributed by atoms with Crippen molar-refractivity contribution in [3.63, 3.8) is 0 Å². The van der Waals surface area contributed by atoms with Crippen LogP contribution in [0.3, 0.4) is 0 Å². The highest BCUT2D eigenvalue weighted by Crippen LogP contribution is 2.46. The quantitative estimate of drug-likeness (QED) is 0.109. The smallest absolute Gasteiger partial charge is 0.161 e. The molecule has 0 aliphatic carbocycles. The van der Waals surface area contributed by atoms with Crippen molar-refractivity contribution in [3.8, 4) is 130 Å². The van der Waals surface area contributed by atoms with Gasteiger partial charge in [-0.3, -0.25) is 0 Å². The van der Waals surface area contributed by atoms with Crippen LogP contribution in [-0.2, 0) is 0 Å². The van der Waals surface area contributed by atoms with Crippen LogP contribution < -0.4 is 0 Å². The van der Waals surface area contributed by atoms with Gasteiger partial charge in [-0.25, -0.2) is 29.9 Å². The molecule has 0 bridgehead atoms. The molecule has 20 aromatic carbocycles. The van der Waals surface area contributed by atoms with E-state index in [9.17, 15) is 0 Å². The molecule has 678 valence electrons. The van der Waals surface area contributed by atoms with Crippen LogP contribution in [0, 0.1) is 0 Å². The van der Waals surface area contributed by atoms with Gasteiger partial charge in [-0.05, 0) is 193 Å². The van der Waals surface area contributed by atoms with E-state index in [0.717, 1.165) is 238 Å². The van der Waals surface area contributed by atoms with E-state index in [-0.39, 0.29) is 0 Å². The molecule has 0 aliphatic heterocycles. The van der Waals surface area contributed by atoms with Gasteiger partial charge in [0.1, 0.15) is 44.7 Å². The van der Waals surface area contributed by atoms with Gasteiger partial charge in [0.2, 0.25) is 0 Å². The molecule has 0 N–H and O–H groups in total. The minimum absolute atomic E-state index is 0.651. The summed E-state index contributed by atoms with van der Waals surface area (Å²) in [5.74, 6) is 2.00.